The van der Waals surface area contributed by atoms with Crippen LogP contribution in [0.3, 0.4) is 0 Å². The van der Waals surface area contributed by atoms with E-state index in [9.17, 15) is 19.5 Å². The van der Waals surface area contributed by atoms with Crippen molar-refractivity contribution in [2.24, 2.45) is 5.41 Å². The van der Waals surface area contributed by atoms with Crippen LogP contribution in [-0.2, 0) is 20.8 Å². The van der Waals surface area contributed by atoms with Crippen LogP contribution < -0.4 is 0 Å². The number of likely N-dealkylation sites (tertiary alicyclic amines) is 2. The van der Waals surface area contributed by atoms with E-state index in [-0.39, 0.29) is 17.2 Å². The first-order chi connectivity index (χ1) is 11.9. The lowest BCUT2D eigenvalue weighted by atomic mass is 9.76. The van der Waals surface area contributed by atoms with Gasteiger partial charge in [-0.15, -0.1) is 0 Å². The molecule has 3 rings (SSSR count). The maximum atomic E-state index is 12.4. The second kappa shape index (κ2) is 6.85. The van der Waals surface area contributed by atoms with Crippen molar-refractivity contribution in [1.82, 2.24) is 20.0 Å². The van der Waals surface area contributed by atoms with E-state index in [1.54, 1.807) is 12.4 Å². The van der Waals surface area contributed by atoms with Crippen molar-refractivity contribution in [3.63, 3.8) is 0 Å². The third kappa shape index (κ3) is 3.67. The summed E-state index contributed by atoms with van der Waals surface area (Å²) >= 11 is 0. The van der Waals surface area contributed by atoms with Crippen molar-refractivity contribution in [2.45, 2.75) is 45.1 Å². The Kier molecular flexibility index (Phi) is 4.78. The molecule has 2 fully saturated rings. The van der Waals surface area contributed by atoms with Crippen LogP contribution >= 0.6 is 0 Å². The van der Waals surface area contributed by atoms with Crippen LogP contribution in [-0.4, -0.2) is 68.6 Å². The third-order valence-corrected chi connectivity index (χ3v) is 5.56. The molecule has 25 heavy (non-hydrogen) atoms. The standard InChI is InChI=1S/C17H24N4O4/c1-12(22)21-11-17(8-14(21)16(24)25)4-6-20(7-5-17)15(23)3-2-13-9-18-19-10-13/h9-10,14H,2-8,11H2,1H3,(H,18,19)(H,24,25). The van der Waals surface area contributed by atoms with Crippen LogP contribution in [0.1, 0.15) is 38.2 Å². The summed E-state index contributed by atoms with van der Waals surface area (Å²) in [5.41, 5.74) is 0.842. The molecule has 2 N–H and O–H groups in total. The minimum atomic E-state index is -0.939. The number of carboxylic acid groups (broad SMARTS) is 1. The Morgan fingerprint density at radius 3 is 2.60 bits per heavy atom. The second-order valence-corrected chi connectivity index (χ2v) is 7.19. The minimum Gasteiger partial charge on any atom is -0.480 e. The first-order valence-electron chi connectivity index (χ1n) is 8.66. The third-order valence-electron chi connectivity index (χ3n) is 5.56. The van der Waals surface area contributed by atoms with Gasteiger partial charge in [-0.3, -0.25) is 14.7 Å². The molecule has 1 aromatic rings. The number of carboxylic acids is 1. The molecule has 2 aliphatic rings. The molecule has 1 unspecified atom stereocenters. The number of aliphatic carboxylic acids is 1. The van der Waals surface area contributed by atoms with Gasteiger partial charge in [0.05, 0.1) is 6.20 Å². The fourth-order valence-corrected chi connectivity index (χ4v) is 4.02. The predicted octanol–water partition coefficient (Wildman–Crippen LogP) is 0.656. The first-order valence-corrected chi connectivity index (χ1v) is 8.66. The first kappa shape index (κ1) is 17.4. The lowest BCUT2D eigenvalue weighted by Gasteiger charge is -2.39. The van der Waals surface area contributed by atoms with Crippen LogP contribution in [0.15, 0.2) is 12.4 Å². The Balaban J connectivity index is 1.55. The smallest absolute Gasteiger partial charge is 0.326 e. The zero-order valence-corrected chi connectivity index (χ0v) is 14.4. The number of rotatable bonds is 4. The van der Waals surface area contributed by atoms with Crippen LogP contribution in [0.2, 0.25) is 0 Å². The quantitative estimate of drug-likeness (QED) is 0.831. The molecule has 0 saturated carbocycles. The van der Waals surface area contributed by atoms with Gasteiger partial charge in [0.25, 0.3) is 0 Å². The van der Waals surface area contributed by atoms with Gasteiger partial charge in [-0.25, -0.2) is 4.79 Å². The number of carbonyl (C=O) groups excluding carboxylic acids is 2. The number of nitrogens with zero attached hydrogens (tertiary/aromatic N) is 3. The lowest BCUT2D eigenvalue weighted by molar-refractivity contribution is -0.147. The van der Waals surface area contributed by atoms with E-state index >= 15 is 0 Å². The summed E-state index contributed by atoms with van der Waals surface area (Å²) in [7, 11) is 0. The molecule has 2 amide bonds. The fourth-order valence-electron chi connectivity index (χ4n) is 4.02. The highest BCUT2D eigenvalue weighted by Crippen LogP contribution is 2.43. The van der Waals surface area contributed by atoms with Crippen molar-refractivity contribution < 1.29 is 19.5 Å². The van der Waals surface area contributed by atoms with E-state index in [1.165, 1.54) is 11.8 Å². The summed E-state index contributed by atoms with van der Waals surface area (Å²) in [5, 5.41) is 16.0. The minimum absolute atomic E-state index is 0.118. The van der Waals surface area contributed by atoms with Crippen molar-refractivity contribution in [3.05, 3.63) is 18.0 Å². The molecular weight excluding hydrogens is 324 g/mol. The molecule has 3 heterocycles. The molecule has 0 bridgehead atoms. The topological polar surface area (TPSA) is 107 Å². The van der Waals surface area contributed by atoms with Crippen LogP contribution in [0.4, 0.5) is 0 Å². The number of nitrogens with one attached hydrogen (secondary N) is 1. The highest BCUT2D eigenvalue weighted by molar-refractivity contribution is 5.83. The summed E-state index contributed by atoms with van der Waals surface area (Å²) in [6, 6.07) is -0.735. The van der Waals surface area contributed by atoms with E-state index in [0.29, 0.717) is 38.9 Å². The largest absolute Gasteiger partial charge is 0.480 e. The monoisotopic (exact) mass is 348 g/mol. The van der Waals surface area contributed by atoms with Crippen molar-refractivity contribution in [1.29, 1.82) is 0 Å². The van der Waals surface area contributed by atoms with Crippen molar-refractivity contribution in [2.75, 3.05) is 19.6 Å². The Hall–Kier alpha value is -2.38. The SMILES string of the molecule is CC(=O)N1CC2(CCN(C(=O)CCc3cn[nH]c3)CC2)CC1C(=O)O. The molecule has 0 radical (unpaired) electrons. The number of piperidine rings is 1. The fraction of sp³-hybridized carbons (Fsp3) is 0.647. The van der Waals surface area contributed by atoms with E-state index in [0.717, 1.165) is 18.4 Å². The summed E-state index contributed by atoms with van der Waals surface area (Å²) in [6.07, 6.45) is 6.60. The Labute approximate surface area is 146 Å². The molecule has 8 nitrogen and oxygen atoms in total. The maximum Gasteiger partial charge on any atom is 0.326 e. The number of hydrogen-bond donors (Lipinski definition) is 2. The molecule has 0 aromatic carbocycles. The Morgan fingerprint density at radius 1 is 1.36 bits per heavy atom. The van der Waals surface area contributed by atoms with Crippen LogP contribution in [0.25, 0.3) is 0 Å². The molecule has 136 valence electrons. The molecule has 1 atom stereocenters. The van der Waals surface area contributed by atoms with Gasteiger partial charge < -0.3 is 14.9 Å². The van der Waals surface area contributed by atoms with Gasteiger partial charge in [0.2, 0.25) is 11.8 Å². The van der Waals surface area contributed by atoms with E-state index in [2.05, 4.69) is 10.2 Å². The summed E-state index contributed by atoms with van der Waals surface area (Å²) in [4.78, 5) is 38.9. The van der Waals surface area contributed by atoms with Gasteiger partial charge in [-0.2, -0.15) is 5.10 Å². The average molecular weight is 348 g/mol. The molecule has 2 saturated heterocycles. The molecular formula is C17H24N4O4. The highest BCUT2D eigenvalue weighted by atomic mass is 16.4. The summed E-state index contributed by atoms with van der Waals surface area (Å²) in [6.45, 7) is 3.16. The summed E-state index contributed by atoms with van der Waals surface area (Å²) < 4.78 is 0. The number of aromatic nitrogens is 2. The Bertz CT molecular complexity index is 626. The van der Waals surface area contributed by atoms with Crippen molar-refractivity contribution >= 4 is 17.8 Å². The van der Waals surface area contributed by atoms with Gasteiger partial charge in [0, 0.05) is 39.2 Å². The van der Waals surface area contributed by atoms with Gasteiger partial charge in [-0.1, -0.05) is 0 Å². The zero-order chi connectivity index (χ0) is 18.0. The predicted molar refractivity (Wildman–Crippen MR) is 88.6 cm³/mol. The number of aromatic amines is 1. The number of H-pyrrole nitrogens is 1. The molecule has 8 heteroatoms. The zero-order valence-electron chi connectivity index (χ0n) is 14.4. The highest BCUT2D eigenvalue weighted by Gasteiger charge is 2.49. The van der Waals surface area contributed by atoms with E-state index < -0.39 is 12.0 Å². The van der Waals surface area contributed by atoms with Gasteiger partial charge in [0.15, 0.2) is 0 Å². The van der Waals surface area contributed by atoms with Gasteiger partial charge in [-0.05, 0) is 36.7 Å². The van der Waals surface area contributed by atoms with Crippen LogP contribution in [0.5, 0.6) is 0 Å². The van der Waals surface area contributed by atoms with Crippen molar-refractivity contribution in [3.8, 4) is 0 Å². The number of carbonyl (C=O) groups is 3. The van der Waals surface area contributed by atoms with E-state index in [1.807, 2.05) is 4.90 Å². The van der Waals surface area contributed by atoms with E-state index in [4.69, 9.17) is 0 Å². The molecule has 0 aliphatic carbocycles. The molecule has 2 aliphatic heterocycles. The number of aryl methyl sites for hydroxylation is 1. The van der Waals surface area contributed by atoms with Gasteiger partial charge in [0.1, 0.15) is 6.04 Å². The number of hydrogen-bond acceptors (Lipinski definition) is 4. The molecule has 1 spiro atoms. The van der Waals surface area contributed by atoms with Crippen LogP contribution in [0, 0.1) is 5.41 Å². The number of amides is 2. The second-order valence-electron chi connectivity index (χ2n) is 7.19. The average Bonchev–Trinajstić information content (AvgIpc) is 3.21. The molecule has 1 aromatic heterocycles. The normalized spacial score (nSPS) is 22.4. The van der Waals surface area contributed by atoms with Gasteiger partial charge >= 0.3 is 5.97 Å². The lowest BCUT2D eigenvalue weighted by Crippen LogP contribution is -2.44. The Morgan fingerprint density at radius 2 is 2.08 bits per heavy atom. The summed E-state index contributed by atoms with van der Waals surface area (Å²) in [5.74, 6) is -1.01. The maximum absolute atomic E-state index is 12.4.